The normalized spacial score (nSPS) is 13.3. The van der Waals surface area contributed by atoms with E-state index in [2.05, 4.69) is 4.74 Å². The van der Waals surface area contributed by atoms with Crippen LogP contribution in [0.5, 0.6) is 5.75 Å². The zero-order valence-electron chi connectivity index (χ0n) is 14.7. The summed E-state index contributed by atoms with van der Waals surface area (Å²) in [7, 11) is 2.96. The Balaban J connectivity index is 2.57. The number of carbonyl (C=O) groups excluding carboxylic acids is 2. The standard InChI is InChI=1S/C18H27NO4/c1-12-9-14(10-13(2)16(12)22-4)11-15(20)7-6-8-18(3,19)17(21)23-5/h9-10H,6-8,11,19H2,1-5H3. The molecule has 0 fully saturated rings. The van der Waals surface area contributed by atoms with E-state index in [1.165, 1.54) is 7.11 Å². The number of carbonyl (C=O) groups is 2. The molecule has 0 aliphatic heterocycles. The quantitative estimate of drug-likeness (QED) is 0.744. The number of Topliss-reactive ketones (excluding diaryl/α,β-unsaturated/α-hetero) is 1. The number of benzene rings is 1. The summed E-state index contributed by atoms with van der Waals surface area (Å²) in [5.41, 5.74) is 7.87. The minimum Gasteiger partial charge on any atom is -0.496 e. The SMILES string of the molecule is COC(=O)C(C)(N)CCCC(=O)Cc1cc(C)c(OC)c(C)c1. The predicted molar refractivity (Wildman–Crippen MR) is 89.6 cm³/mol. The van der Waals surface area contributed by atoms with E-state index in [1.807, 2.05) is 26.0 Å². The Kier molecular flexibility index (Phi) is 6.76. The number of aryl methyl sites for hydroxylation is 2. The lowest BCUT2D eigenvalue weighted by atomic mass is 9.94. The van der Waals surface area contributed by atoms with Crippen molar-refractivity contribution in [1.82, 2.24) is 0 Å². The van der Waals surface area contributed by atoms with Crippen LogP contribution in [0.2, 0.25) is 0 Å². The number of rotatable bonds is 8. The molecule has 0 saturated heterocycles. The van der Waals surface area contributed by atoms with E-state index in [9.17, 15) is 9.59 Å². The minimum atomic E-state index is -1.04. The van der Waals surface area contributed by atoms with Crippen molar-refractivity contribution in [2.24, 2.45) is 5.73 Å². The lowest BCUT2D eigenvalue weighted by molar-refractivity contribution is -0.146. The smallest absolute Gasteiger partial charge is 0.325 e. The van der Waals surface area contributed by atoms with Crippen LogP contribution in [0.3, 0.4) is 0 Å². The van der Waals surface area contributed by atoms with E-state index in [4.69, 9.17) is 10.5 Å². The van der Waals surface area contributed by atoms with Crippen LogP contribution in [-0.2, 0) is 20.7 Å². The molecule has 0 radical (unpaired) electrons. The van der Waals surface area contributed by atoms with Crippen molar-refractivity contribution in [2.45, 2.75) is 52.0 Å². The van der Waals surface area contributed by atoms with Crippen molar-refractivity contribution >= 4 is 11.8 Å². The topological polar surface area (TPSA) is 78.6 Å². The van der Waals surface area contributed by atoms with Gasteiger partial charge in [-0.2, -0.15) is 0 Å². The molecule has 23 heavy (non-hydrogen) atoms. The monoisotopic (exact) mass is 321 g/mol. The van der Waals surface area contributed by atoms with Crippen LogP contribution in [0.4, 0.5) is 0 Å². The van der Waals surface area contributed by atoms with Crippen LogP contribution in [0.25, 0.3) is 0 Å². The van der Waals surface area contributed by atoms with Gasteiger partial charge in [-0.3, -0.25) is 9.59 Å². The van der Waals surface area contributed by atoms with Gasteiger partial charge in [0.25, 0.3) is 0 Å². The highest BCUT2D eigenvalue weighted by Gasteiger charge is 2.28. The first-order valence-corrected chi connectivity index (χ1v) is 7.74. The Morgan fingerprint density at radius 1 is 1.17 bits per heavy atom. The Morgan fingerprint density at radius 2 is 1.74 bits per heavy atom. The molecule has 5 heteroatoms. The van der Waals surface area contributed by atoms with Gasteiger partial charge in [0, 0.05) is 12.8 Å². The molecule has 0 amide bonds. The predicted octanol–water partition coefficient (Wildman–Crippen LogP) is 2.48. The maximum atomic E-state index is 12.1. The van der Waals surface area contributed by atoms with Gasteiger partial charge >= 0.3 is 5.97 Å². The fourth-order valence-corrected chi connectivity index (χ4v) is 2.77. The van der Waals surface area contributed by atoms with Gasteiger partial charge in [-0.15, -0.1) is 0 Å². The summed E-state index contributed by atoms with van der Waals surface area (Å²) in [6, 6.07) is 3.95. The van der Waals surface area contributed by atoms with E-state index in [1.54, 1.807) is 14.0 Å². The van der Waals surface area contributed by atoms with Gasteiger partial charge in [0.15, 0.2) is 0 Å². The molecule has 0 saturated carbocycles. The van der Waals surface area contributed by atoms with Crippen LogP contribution < -0.4 is 10.5 Å². The van der Waals surface area contributed by atoms with Gasteiger partial charge < -0.3 is 15.2 Å². The summed E-state index contributed by atoms with van der Waals surface area (Å²) in [5.74, 6) is 0.541. The Bertz CT molecular complexity index is 555. The molecule has 0 spiro atoms. The fourth-order valence-electron chi connectivity index (χ4n) is 2.77. The molecule has 0 aliphatic carbocycles. The van der Waals surface area contributed by atoms with Crippen molar-refractivity contribution < 1.29 is 19.1 Å². The molecule has 0 heterocycles. The van der Waals surface area contributed by atoms with Crippen LogP contribution in [0.1, 0.15) is 42.9 Å². The average molecular weight is 321 g/mol. The zero-order chi connectivity index (χ0) is 17.6. The summed E-state index contributed by atoms with van der Waals surface area (Å²) in [5, 5.41) is 0. The third-order valence-electron chi connectivity index (χ3n) is 3.93. The zero-order valence-corrected chi connectivity index (χ0v) is 14.7. The van der Waals surface area contributed by atoms with Crippen molar-refractivity contribution in [1.29, 1.82) is 0 Å². The number of methoxy groups -OCH3 is 2. The van der Waals surface area contributed by atoms with Gasteiger partial charge in [-0.1, -0.05) is 12.1 Å². The van der Waals surface area contributed by atoms with E-state index in [0.29, 0.717) is 25.7 Å². The number of hydrogen-bond donors (Lipinski definition) is 1. The summed E-state index contributed by atoms with van der Waals surface area (Å²) in [4.78, 5) is 23.6. The second kappa shape index (κ2) is 8.11. The highest BCUT2D eigenvalue weighted by molar-refractivity contribution is 5.82. The molecule has 128 valence electrons. The molecule has 1 rings (SSSR count). The molecule has 2 N–H and O–H groups in total. The van der Waals surface area contributed by atoms with E-state index < -0.39 is 11.5 Å². The third-order valence-corrected chi connectivity index (χ3v) is 3.93. The van der Waals surface area contributed by atoms with Crippen LogP contribution >= 0.6 is 0 Å². The van der Waals surface area contributed by atoms with Crippen LogP contribution in [0.15, 0.2) is 12.1 Å². The van der Waals surface area contributed by atoms with E-state index in [0.717, 1.165) is 22.4 Å². The van der Waals surface area contributed by atoms with Gasteiger partial charge in [0.1, 0.15) is 17.1 Å². The summed E-state index contributed by atoms with van der Waals surface area (Å²) in [6.45, 7) is 5.56. The molecular weight excluding hydrogens is 294 g/mol. The molecule has 0 aliphatic rings. The van der Waals surface area contributed by atoms with Crippen molar-refractivity contribution in [3.05, 3.63) is 28.8 Å². The number of ether oxygens (including phenoxy) is 2. The molecular formula is C18H27NO4. The number of ketones is 1. The highest BCUT2D eigenvalue weighted by Crippen LogP contribution is 2.25. The number of hydrogen-bond acceptors (Lipinski definition) is 5. The first-order chi connectivity index (χ1) is 10.7. The lowest BCUT2D eigenvalue weighted by Crippen LogP contribution is -2.45. The van der Waals surface area contributed by atoms with Gasteiger partial charge in [0.05, 0.1) is 14.2 Å². The Hall–Kier alpha value is -1.88. The molecule has 5 nitrogen and oxygen atoms in total. The van der Waals surface area contributed by atoms with Crippen LogP contribution in [0, 0.1) is 13.8 Å². The van der Waals surface area contributed by atoms with Gasteiger partial charge in [-0.05, 0) is 50.3 Å². The summed E-state index contributed by atoms with van der Waals surface area (Å²) >= 11 is 0. The largest absolute Gasteiger partial charge is 0.496 e. The number of nitrogens with two attached hydrogens (primary N) is 1. The average Bonchev–Trinajstić information content (AvgIpc) is 2.45. The highest BCUT2D eigenvalue weighted by atomic mass is 16.5. The second-order valence-electron chi connectivity index (χ2n) is 6.24. The van der Waals surface area contributed by atoms with Crippen LogP contribution in [-0.4, -0.2) is 31.5 Å². The fraction of sp³-hybridized carbons (Fsp3) is 0.556. The summed E-state index contributed by atoms with van der Waals surface area (Å²) in [6.07, 6.45) is 1.76. The second-order valence-corrected chi connectivity index (χ2v) is 6.24. The maximum Gasteiger partial charge on any atom is 0.325 e. The molecule has 1 unspecified atom stereocenters. The number of esters is 1. The molecule has 1 aromatic carbocycles. The van der Waals surface area contributed by atoms with Crippen molar-refractivity contribution in [3.63, 3.8) is 0 Å². The Labute approximate surface area is 138 Å². The maximum absolute atomic E-state index is 12.1. The first-order valence-electron chi connectivity index (χ1n) is 7.74. The van der Waals surface area contributed by atoms with Gasteiger partial charge in [0.2, 0.25) is 0 Å². The van der Waals surface area contributed by atoms with E-state index >= 15 is 0 Å². The molecule has 0 aromatic heterocycles. The molecule has 0 bridgehead atoms. The van der Waals surface area contributed by atoms with Gasteiger partial charge in [-0.25, -0.2) is 0 Å². The lowest BCUT2D eigenvalue weighted by Gasteiger charge is -2.20. The Morgan fingerprint density at radius 3 is 2.22 bits per heavy atom. The van der Waals surface area contributed by atoms with E-state index in [-0.39, 0.29) is 5.78 Å². The first kappa shape index (κ1) is 19.2. The molecule has 1 aromatic rings. The molecule has 1 atom stereocenters. The summed E-state index contributed by atoms with van der Waals surface area (Å²) < 4.78 is 9.98. The third kappa shape index (κ3) is 5.36. The van der Waals surface area contributed by atoms with Crippen molar-refractivity contribution in [2.75, 3.05) is 14.2 Å². The van der Waals surface area contributed by atoms with Crippen molar-refractivity contribution in [3.8, 4) is 5.75 Å². The minimum absolute atomic E-state index is 0.134.